The summed E-state index contributed by atoms with van der Waals surface area (Å²) in [6.07, 6.45) is 1.23. The molecular weight excluding hydrogens is 292 g/mol. The van der Waals surface area contributed by atoms with Crippen LogP contribution in [0.25, 0.3) is 0 Å². The number of nitrogens with zero attached hydrogens (tertiary/aromatic N) is 1. The van der Waals surface area contributed by atoms with E-state index in [1.807, 2.05) is 0 Å². The van der Waals surface area contributed by atoms with Crippen LogP contribution < -0.4 is 5.32 Å². The van der Waals surface area contributed by atoms with Gasteiger partial charge in [-0.15, -0.1) is 0 Å². The molecule has 6 heteroatoms. The summed E-state index contributed by atoms with van der Waals surface area (Å²) in [5, 5.41) is 3.43. The lowest BCUT2D eigenvalue weighted by Crippen LogP contribution is -2.47. The topological polar surface area (TPSA) is 58.6 Å². The summed E-state index contributed by atoms with van der Waals surface area (Å²) in [7, 11) is 0. The predicted molar refractivity (Wildman–Crippen MR) is 79.1 cm³/mol. The minimum absolute atomic E-state index is 0.0720. The van der Waals surface area contributed by atoms with Crippen LogP contribution in [0.15, 0.2) is 24.3 Å². The average Bonchev–Trinajstić information content (AvgIpc) is 3.31. The number of hydrogen-bond donors (Lipinski definition) is 1. The second kappa shape index (κ2) is 5.66. The molecule has 1 saturated carbocycles. The lowest BCUT2D eigenvalue weighted by atomic mass is 10.0. The van der Waals surface area contributed by atoms with Gasteiger partial charge < -0.3 is 15.0 Å². The van der Waals surface area contributed by atoms with E-state index in [-0.39, 0.29) is 11.8 Å². The van der Waals surface area contributed by atoms with Crippen LogP contribution in [-0.2, 0) is 14.3 Å². The van der Waals surface area contributed by atoms with Gasteiger partial charge in [-0.3, -0.25) is 9.59 Å². The molecule has 1 aliphatic carbocycles. The third-order valence-electron chi connectivity index (χ3n) is 3.99. The van der Waals surface area contributed by atoms with E-state index in [4.69, 9.17) is 16.3 Å². The van der Waals surface area contributed by atoms with Crippen molar-refractivity contribution in [2.24, 2.45) is 5.41 Å². The van der Waals surface area contributed by atoms with Crippen molar-refractivity contribution in [1.29, 1.82) is 0 Å². The van der Waals surface area contributed by atoms with E-state index < -0.39 is 5.41 Å². The van der Waals surface area contributed by atoms with Gasteiger partial charge in [0.1, 0.15) is 5.41 Å². The van der Waals surface area contributed by atoms with Gasteiger partial charge in [0.2, 0.25) is 11.8 Å². The Kier molecular flexibility index (Phi) is 3.87. The molecule has 1 aromatic rings. The molecule has 0 atom stereocenters. The van der Waals surface area contributed by atoms with Crippen molar-refractivity contribution in [2.45, 2.75) is 12.8 Å². The number of ether oxygens (including phenoxy) is 1. The zero-order valence-corrected chi connectivity index (χ0v) is 12.4. The maximum absolute atomic E-state index is 12.6. The molecule has 0 radical (unpaired) electrons. The summed E-state index contributed by atoms with van der Waals surface area (Å²) in [5.74, 6) is -0.293. The Hall–Kier alpha value is -1.59. The van der Waals surface area contributed by atoms with E-state index in [1.54, 1.807) is 29.2 Å². The highest BCUT2D eigenvalue weighted by Gasteiger charge is 2.58. The Bertz CT molecular complexity index is 549. The summed E-state index contributed by atoms with van der Waals surface area (Å²) in [5.41, 5.74) is -0.220. The highest BCUT2D eigenvalue weighted by Crippen LogP contribution is 2.48. The van der Waals surface area contributed by atoms with Crippen LogP contribution in [0.1, 0.15) is 12.8 Å². The number of rotatable bonds is 3. The number of amides is 2. The first kappa shape index (κ1) is 14.4. The zero-order chi connectivity index (χ0) is 14.9. The molecule has 0 spiro atoms. The molecule has 2 amide bonds. The van der Waals surface area contributed by atoms with Gasteiger partial charge in [-0.05, 0) is 37.1 Å². The van der Waals surface area contributed by atoms with Crippen molar-refractivity contribution >= 4 is 29.1 Å². The fraction of sp³-hybridized carbons (Fsp3) is 0.467. The van der Waals surface area contributed by atoms with Gasteiger partial charge in [0, 0.05) is 23.8 Å². The minimum Gasteiger partial charge on any atom is -0.378 e. The van der Waals surface area contributed by atoms with Gasteiger partial charge in [-0.25, -0.2) is 0 Å². The Balaban J connectivity index is 1.68. The zero-order valence-electron chi connectivity index (χ0n) is 11.6. The van der Waals surface area contributed by atoms with E-state index >= 15 is 0 Å². The van der Waals surface area contributed by atoms with Crippen LogP contribution in [0.5, 0.6) is 0 Å². The second-order valence-corrected chi connectivity index (χ2v) is 5.88. The largest absolute Gasteiger partial charge is 0.378 e. The molecule has 0 bridgehead atoms. The second-order valence-electron chi connectivity index (χ2n) is 5.45. The number of carbonyl (C=O) groups excluding carboxylic acids is 2. The quantitative estimate of drug-likeness (QED) is 0.868. The number of morpholine rings is 1. The van der Waals surface area contributed by atoms with E-state index in [9.17, 15) is 9.59 Å². The summed E-state index contributed by atoms with van der Waals surface area (Å²) in [6, 6.07) is 6.88. The van der Waals surface area contributed by atoms with E-state index in [2.05, 4.69) is 5.32 Å². The summed E-state index contributed by atoms with van der Waals surface area (Å²) in [6.45, 7) is 2.21. The van der Waals surface area contributed by atoms with Gasteiger partial charge in [0.05, 0.1) is 13.2 Å². The van der Waals surface area contributed by atoms with Crippen LogP contribution in [0.4, 0.5) is 5.69 Å². The maximum atomic E-state index is 12.6. The van der Waals surface area contributed by atoms with Crippen molar-refractivity contribution in [2.75, 3.05) is 31.6 Å². The lowest BCUT2D eigenvalue weighted by Gasteiger charge is -2.30. The molecule has 1 aromatic carbocycles. The number of carbonyl (C=O) groups is 2. The molecule has 21 heavy (non-hydrogen) atoms. The monoisotopic (exact) mass is 308 g/mol. The summed E-state index contributed by atoms with van der Waals surface area (Å²) >= 11 is 5.82. The fourth-order valence-corrected chi connectivity index (χ4v) is 2.64. The van der Waals surface area contributed by atoms with Crippen molar-refractivity contribution < 1.29 is 14.3 Å². The minimum atomic E-state index is -0.878. The van der Waals surface area contributed by atoms with Gasteiger partial charge in [0.25, 0.3) is 0 Å². The molecule has 1 saturated heterocycles. The van der Waals surface area contributed by atoms with Crippen LogP contribution in [0, 0.1) is 5.41 Å². The van der Waals surface area contributed by atoms with Crippen molar-refractivity contribution in [3.8, 4) is 0 Å². The number of nitrogens with one attached hydrogen (secondary N) is 1. The highest BCUT2D eigenvalue weighted by atomic mass is 35.5. The Labute approximate surface area is 128 Å². The lowest BCUT2D eigenvalue weighted by molar-refractivity contribution is -0.145. The molecule has 3 rings (SSSR count). The van der Waals surface area contributed by atoms with Crippen LogP contribution in [0.2, 0.25) is 5.02 Å². The molecule has 0 aromatic heterocycles. The van der Waals surface area contributed by atoms with Crippen LogP contribution >= 0.6 is 11.6 Å². The fourth-order valence-electron chi connectivity index (χ4n) is 2.52. The molecule has 1 N–H and O–H groups in total. The molecule has 2 aliphatic rings. The van der Waals surface area contributed by atoms with Crippen LogP contribution in [0.3, 0.4) is 0 Å². The number of anilines is 1. The van der Waals surface area contributed by atoms with E-state index in [0.717, 1.165) is 0 Å². The number of halogens is 1. The smallest absolute Gasteiger partial charge is 0.240 e. The average molecular weight is 309 g/mol. The normalized spacial score (nSPS) is 20.0. The predicted octanol–water partition coefficient (Wildman–Crippen LogP) is 1.92. The third-order valence-corrected chi connectivity index (χ3v) is 4.25. The summed E-state index contributed by atoms with van der Waals surface area (Å²) < 4.78 is 5.24. The highest BCUT2D eigenvalue weighted by molar-refractivity contribution is 6.30. The third kappa shape index (κ3) is 2.89. The van der Waals surface area contributed by atoms with Gasteiger partial charge in [-0.2, -0.15) is 0 Å². The van der Waals surface area contributed by atoms with Gasteiger partial charge in [0.15, 0.2) is 0 Å². The molecule has 1 aliphatic heterocycles. The SMILES string of the molecule is O=C(Nc1ccc(Cl)cc1)C1(C(=O)N2CCOCC2)CC1. The van der Waals surface area contributed by atoms with Crippen molar-refractivity contribution in [1.82, 2.24) is 4.90 Å². The van der Waals surface area contributed by atoms with E-state index in [0.29, 0.717) is 49.9 Å². The standard InChI is InChI=1S/C15H17ClN2O3/c16-11-1-3-12(4-2-11)17-13(19)15(5-6-15)14(20)18-7-9-21-10-8-18/h1-4H,5-10H2,(H,17,19). The molecule has 5 nitrogen and oxygen atoms in total. The first-order valence-electron chi connectivity index (χ1n) is 7.06. The first-order chi connectivity index (χ1) is 10.1. The molecule has 1 heterocycles. The maximum Gasteiger partial charge on any atom is 0.240 e. The van der Waals surface area contributed by atoms with Gasteiger partial charge >= 0.3 is 0 Å². The first-order valence-corrected chi connectivity index (χ1v) is 7.44. The van der Waals surface area contributed by atoms with Crippen molar-refractivity contribution in [3.05, 3.63) is 29.3 Å². The molecular formula is C15H17ClN2O3. The number of benzene rings is 1. The van der Waals surface area contributed by atoms with Gasteiger partial charge in [-0.1, -0.05) is 11.6 Å². The Morgan fingerprint density at radius 2 is 1.76 bits per heavy atom. The molecule has 0 unspecified atom stereocenters. The van der Waals surface area contributed by atoms with Crippen molar-refractivity contribution in [3.63, 3.8) is 0 Å². The summed E-state index contributed by atoms with van der Waals surface area (Å²) in [4.78, 5) is 26.7. The Morgan fingerprint density at radius 3 is 2.33 bits per heavy atom. The van der Waals surface area contributed by atoms with Crippen LogP contribution in [-0.4, -0.2) is 43.0 Å². The number of hydrogen-bond acceptors (Lipinski definition) is 3. The van der Waals surface area contributed by atoms with E-state index in [1.165, 1.54) is 0 Å². The molecule has 112 valence electrons. The molecule has 2 fully saturated rings. The Morgan fingerprint density at radius 1 is 1.14 bits per heavy atom.